The first kappa shape index (κ1) is 24.1. The lowest BCUT2D eigenvalue weighted by Gasteiger charge is -2.48. The van der Waals surface area contributed by atoms with Gasteiger partial charge in [-0.1, -0.05) is 6.07 Å². The number of benzene rings is 1. The van der Waals surface area contributed by atoms with E-state index < -0.39 is 35.5 Å². The number of amides is 1. The summed E-state index contributed by atoms with van der Waals surface area (Å²) in [5.41, 5.74) is 8.52. The topological polar surface area (TPSA) is 115 Å². The molecule has 4 heterocycles. The number of aromatic nitrogens is 3. The Morgan fingerprint density at radius 2 is 2.00 bits per heavy atom. The Kier molecular flexibility index (Phi) is 4.96. The number of aliphatic hydroxyl groups is 1. The molecule has 2 bridgehead atoms. The Bertz CT molecular complexity index is 1680. The summed E-state index contributed by atoms with van der Waals surface area (Å²) in [5, 5.41) is 17.8. The first-order valence-corrected chi connectivity index (χ1v) is 12.6. The first-order chi connectivity index (χ1) is 18.5. The number of hydrogen-bond acceptors (Lipinski definition) is 6. The summed E-state index contributed by atoms with van der Waals surface area (Å²) in [6.07, 6.45) is 4.17. The van der Waals surface area contributed by atoms with Crippen LogP contribution in [0.5, 0.6) is 5.75 Å². The summed E-state index contributed by atoms with van der Waals surface area (Å²) in [7, 11) is 0. The Morgan fingerprint density at radius 3 is 2.72 bits per heavy atom. The number of fused-ring (bicyclic) bond motifs is 9. The second kappa shape index (κ2) is 8.03. The van der Waals surface area contributed by atoms with Gasteiger partial charge in [-0.15, -0.1) is 0 Å². The zero-order valence-electron chi connectivity index (χ0n) is 20.8. The third-order valence-corrected chi connectivity index (χ3v) is 8.07. The minimum absolute atomic E-state index is 0.0424. The van der Waals surface area contributed by atoms with Crippen molar-refractivity contribution in [2.45, 2.75) is 55.9 Å². The van der Waals surface area contributed by atoms with Crippen molar-refractivity contribution in [3.63, 3.8) is 0 Å². The van der Waals surface area contributed by atoms with E-state index in [9.17, 15) is 18.7 Å². The summed E-state index contributed by atoms with van der Waals surface area (Å²) in [5.74, 6) is -1.38. The number of pyridine rings is 2. The number of hydrogen-bond donors (Lipinski definition) is 3. The lowest BCUT2D eigenvalue weighted by Crippen LogP contribution is -2.59. The van der Waals surface area contributed by atoms with Crippen LogP contribution in [0.1, 0.15) is 71.0 Å². The minimum atomic E-state index is -3.04. The van der Waals surface area contributed by atoms with Crippen molar-refractivity contribution in [2.24, 2.45) is 5.73 Å². The van der Waals surface area contributed by atoms with E-state index in [2.05, 4.69) is 15.4 Å². The van der Waals surface area contributed by atoms with Crippen molar-refractivity contribution in [3.8, 4) is 16.9 Å². The maximum absolute atomic E-state index is 15.2. The highest BCUT2D eigenvalue weighted by Crippen LogP contribution is 2.51. The first-order valence-electron chi connectivity index (χ1n) is 12.6. The molecule has 3 aliphatic rings. The summed E-state index contributed by atoms with van der Waals surface area (Å²) in [4.78, 5) is 17.3. The van der Waals surface area contributed by atoms with Crippen molar-refractivity contribution < 1.29 is 27.8 Å². The number of carbonyl (C=O) groups is 1. The molecule has 2 atom stereocenters. The Hall–Kier alpha value is -3.96. The van der Waals surface area contributed by atoms with E-state index in [1.54, 1.807) is 36.0 Å². The van der Waals surface area contributed by atoms with Crippen LogP contribution in [0.4, 0.5) is 13.2 Å². The molecule has 39 heavy (non-hydrogen) atoms. The van der Waals surface area contributed by atoms with E-state index in [-0.39, 0.29) is 35.8 Å². The van der Waals surface area contributed by atoms with Gasteiger partial charge in [0, 0.05) is 40.6 Å². The molecular weight excluding hydrogens is 511 g/mol. The van der Waals surface area contributed by atoms with E-state index >= 15 is 4.39 Å². The van der Waals surface area contributed by atoms with Gasteiger partial charge in [0.2, 0.25) is 0 Å². The van der Waals surface area contributed by atoms with Crippen LogP contribution in [0.2, 0.25) is 0 Å². The Balaban J connectivity index is 1.32. The van der Waals surface area contributed by atoms with E-state index in [1.807, 2.05) is 6.07 Å². The van der Waals surface area contributed by atoms with Crippen LogP contribution in [0.15, 0.2) is 48.8 Å². The van der Waals surface area contributed by atoms with Crippen LogP contribution in [0, 0.1) is 5.82 Å². The molecule has 1 aromatic carbocycles. The highest BCUT2D eigenvalue weighted by Gasteiger charge is 2.51. The third-order valence-electron chi connectivity index (χ3n) is 8.07. The SMILES string of the molecule is CC1(O)CC(N)(c2ncc(-c3ccn4nc5c(c4c3)C3CC5NC(=O)c4cccc(OC(F)F)c43)cc2F)C1. The summed E-state index contributed by atoms with van der Waals surface area (Å²) in [6.45, 7) is -1.38. The molecule has 2 unspecified atom stereocenters. The van der Waals surface area contributed by atoms with Gasteiger partial charge in [-0.2, -0.15) is 13.9 Å². The molecule has 0 radical (unpaired) electrons. The maximum atomic E-state index is 15.2. The van der Waals surface area contributed by atoms with Gasteiger partial charge in [0.1, 0.15) is 11.6 Å². The average Bonchev–Trinajstić information content (AvgIpc) is 3.34. The maximum Gasteiger partial charge on any atom is 0.387 e. The fraction of sp³-hybridized carbons (Fsp3) is 0.321. The van der Waals surface area contributed by atoms with Crippen molar-refractivity contribution in [1.82, 2.24) is 19.9 Å². The van der Waals surface area contributed by atoms with Crippen molar-refractivity contribution in [1.29, 1.82) is 0 Å². The van der Waals surface area contributed by atoms with Crippen molar-refractivity contribution in [2.75, 3.05) is 0 Å². The number of ether oxygens (including phenoxy) is 1. The van der Waals surface area contributed by atoms with E-state index in [1.165, 1.54) is 18.2 Å². The molecule has 1 amide bonds. The molecule has 7 rings (SSSR count). The normalized spacial score (nSPS) is 27.1. The highest BCUT2D eigenvalue weighted by atomic mass is 19.3. The van der Waals surface area contributed by atoms with Crippen LogP contribution in [-0.2, 0) is 5.54 Å². The molecule has 0 spiro atoms. The molecule has 8 nitrogen and oxygen atoms in total. The van der Waals surface area contributed by atoms with Gasteiger partial charge in [0.15, 0.2) is 0 Å². The fourth-order valence-electron chi connectivity index (χ4n) is 6.70. The Morgan fingerprint density at radius 1 is 1.21 bits per heavy atom. The van der Waals surface area contributed by atoms with Crippen LogP contribution < -0.4 is 15.8 Å². The average molecular weight is 536 g/mol. The zero-order valence-corrected chi connectivity index (χ0v) is 20.8. The number of alkyl halides is 2. The van der Waals surface area contributed by atoms with Gasteiger partial charge in [0.05, 0.1) is 34.1 Å². The molecule has 3 aromatic heterocycles. The molecule has 1 aliphatic heterocycles. The minimum Gasteiger partial charge on any atom is -0.434 e. The third kappa shape index (κ3) is 3.64. The highest BCUT2D eigenvalue weighted by molar-refractivity contribution is 5.98. The van der Waals surface area contributed by atoms with E-state index in [4.69, 9.17) is 10.5 Å². The predicted molar refractivity (Wildman–Crippen MR) is 134 cm³/mol. The molecule has 4 aromatic rings. The van der Waals surface area contributed by atoms with Gasteiger partial charge in [-0.3, -0.25) is 9.78 Å². The van der Waals surface area contributed by atoms with E-state index in [0.29, 0.717) is 34.3 Å². The van der Waals surface area contributed by atoms with Crippen LogP contribution in [-0.4, -0.2) is 37.8 Å². The lowest BCUT2D eigenvalue weighted by molar-refractivity contribution is -0.0764. The molecule has 2 aliphatic carbocycles. The van der Waals surface area contributed by atoms with Gasteiger partial charge < -0.3 is 20.9 Å². The standard InChI is InChI=1S/C28H24F3N5O3/c1-27(38)11-28(32,12-27)24-17(29)7-14(10-33-24)13-5-6-36-19(8-13)22-16-9-18(23(22)35-36)34-25(37)15-3-2-4-20(21(15)16)39-26(30)31/h2-8,10,16,18,26,38H,9,11-12,32H2,1H3,(H,34,37). The van der Waals surface area contributed by atoms with E-state index in [0.717, 1.165) is 5.56 Å². The second-order valence-corrected chi connectivity index (χ2v) is 11.0. The fourth-order valence-corrected chi connectivity index (χ4v) is 6.70. The monoisotopic (exact) mass is 535 g/mol. The number of carbonyl (C=O) groups excluding carboxylic acids is 1. The smallest absolute Gasteiger partial charge is 0.387 e. The number of nitrogens with two attached hydrogens (primary N) is 1. The van der Waals surface area contributed by atoms with Crippen molar-refractivity contribution >= 4 is 11.4 Å². The molecule has 4 N–H and O–H groups in total. The predicted octanol–water partition coefficient (Wildman–Crippen LogP) is 4.16. The van der Waals surface area contributed by atoms with Crippen LogP contribution in [0.25, 0.3) is 16.6 Å². The Labute approximate surface area is 220 Å². The zero-order chi connectivity index (χ0) is 27.3. The largest absolute Gasteiger partial charge is 0.434 e. The lowest BCUT2D eigenvalue weighted by atomic mass is 9.64. The van der Waals surface area contributed by atoms with Gasteiger partial charge in [0.25, 0.3) is 5.91 Å². The van der Waals surface area contributed by atoms with Crippen LogP contribution >= 0.6 is 0 Å². The molecule has 0 saturated heterocycles. The quantitative estimate of drug-likeness (QED) is 0.362. The number of nitrogens with one attached hydrogen (secondary N) is 1. The second-order valence-electron chi connectivity index (χ2n) is 11.0. The van der Waals surface area contributed by atoms with Crippen LogP contribution in [0.3, 0.4) is 0 Å². The van der Waals surface area contributed by atoms with Gasteiger partial charge in [-0.05, 0) is 62.1 Å². The summed E-state index contributed by atoms with van der Waals surface area (Å²) >= 11 is 0. The number of halogens is 3. The molecular formula is C28H24F3N5O3. The van der Waals surface area contributed by atoms with Gasteiger partial charge in [-0.25, -0.2) is 8.91 Å². The molecule has 1 fully saturated rings. The number of rotatable bonds is 4. The molecule has 1 saturated carbocycles. The summed E-state index contributed by atoms with van der Waals surface area (Å²) < 4.78 is 48.2. The molecule has 200 valence electrons. The van der Waals surface area contributed by atoms with Crippen molar-refractivity contribution in [3.05, 3.63) is 82.7 Å². The number of nitrogens with zero attached hydrogens (tertiary/aromatic N) is 3. The molecule has 11 heteroatoms. The van der Waals surface area contributed by atoms with Gasteiger partial charge >= 0.3 is 6.61 Å². The summed E-state index contributed by atoms with van der Waals surface area (Å²) in [6, 6.07) is 9.16.